The van der Waals surface area contributed by atoms with Crippen molar-refractivity contribution in [1.29, 1.82) is 0 Å². The summed E-state index contributed by atoms with van der Waals surface area (Å²) in [5, 5.41) is 12.2. The molecule has 2 aromatic heterocycles. The van der Waals surface area contributed by atoms with Crippen LogP contribution in [-0.2, 0) is 19.4 Å². The molecule has 2 heterocycles. The minimum absolute atomic E-state index is 0.198. The van der Waals surface area contributed by atoms with Crippen LogP contribution < -0.4 is 16.4 Å². The first-order chi connectivity index (χ1) is 11.0. The highest BCUT2D eigenvalue weighted by molar-refractivity contribution is 5.94. The number of aromatic amines is 2. The summed E-state index contributed by atoms with van der Waals surface area (Å²) in [5.41, 5.74) is 1.79. The first-order valence-electron chi connectivity index (χ1n) is 7.69. The molecule has 0 aromatic carbocycles. The predicted octanol–water partition coefficient (Wildman–Crippen LogP) is -0.185. The van der Waals surface area contributed by atoms with E-state index in [1.807, 2.05) is 0 Å². The molecule has 0 saturated carbocycles. The number of aryl methyl sites for hydroxylation is 1. The van der Waals surface area contributed by atoms with Crippen LogP contribution >= 0.6 is 0 Å². The lowest BCUT2D eigenvalue weighted by molar-refractivity contribution is 0.0945. The number of fused-ring (bicyclic) bond motifs is 1. The zero-order valence-corrected chi connectivity index (χ0v) is 12.9. The fourth-order valence-electron chi connectivity index (χ4n) is 2.85. The highest BCUT2D eigenvalue weighted by atomic mass is 16.2. The van der Waals surface area contributed by atoms with Gasteiger partial charge in [0.2, 0.25) is 0 Å². The van der Waals surface area contributed by atoms with Crippen LogP contribution in [0.15, 0.2) is 21.7 Å². The number of H-pyrrole nitrogens is 2. The molecule has 0 saturated heterocycles. The van der Waals surface area contributed by atoms with Gasteiger partial charge < -0.3 is 5.32 Å². The normalized spacial score (nSPS) is 16.8. The van der Waals surface area contributed by atoms with Crippen LogP contribution in [0.4, 0.5) is 0 Å². The molecule has 8 heteroatoms. The molecule has 1 atom stereocenters. The van der Waals surface area contributed by atoms with Crippen molar-refractivity contribution in [2.75, 3.05) is 6.54 Å². The predicted molar refractivity (Wildman–Crippen MR) is 83.4 cm³/mol. The number of carbonyl (C=O) groups excluding carboxylic acids is 1. The van der Waals surface area contributed by atoms with E-state index in [9.17, 15) is 14.4 Å². The maximum atomic E-state index is 12.3. The second-order valence-corrected chi connectivity index (χ2v) is 5.93. The zero-order valence-electron chi connectivity index (χ0n) is 12.9. The summed E-state index contributed by atoms with van der Waals surface area (Å²) in [5.74, 6) is 0.280. The molecule has 8 nitrogen and oxygen atoms in total. The van der Waals surface area contributed by atoms with Crippen molar-refractivity contribution in [2.24, 2.45) is 5.92 Å². The lowest BCUT2D eigenvalue weighted by Crippen LogP contribution is -2.34. The van der Waals surface area contributed by atoms with Gasteiger partial charge in [-0.25, -0.2) is 4.68 Å². The number of hydrogen-bond donors (Lipinski definition) is 3. The summed E-state index contributed by atoms with van der Waals surface area (Å²) in [6.07, 6.45) is 2.86. The van der Waals surface area contributed by atoms with Crippen molar-refractivity contribution in [1.82, 2.24) is 25.3 Å². The molecule has 0 fully saturated rings. The van der Waals surface area contributed by atoms with Gasteiger partial charge in [-0.1, -0.05) is 6.92 Å². The Hall–Kier alpha value is -2.64. The standard InChI is InChI=1S/C15H19N5O3/c1-9-2-3-11-10(8-9)14(18-17-11)15(23)16-6-7-20-13(22)5-4-12(21)19-20/h4-5,9H,2-3,6-8H2,1H3,(H,16,23)(H,17,18)(H,19,21)/t9-/m1/s1. The Morgan fingerprint density at radius 3 is 3.09 bits per heavy atom. The van der Waals surface area contributed by atoms with Crippen molar-refractivity contribution >= 4 is 5.91 Å². The van der Waals surface area contributed by atoms with Gasteiger partial charge in [-0.05, 0) is 25.2 Å². The smallest absolute Gasteiger partial charge is 0.272 e. The van der Waals surface area contributed by atoms with E-state index in [1.165, 1.54) is 16.8 Å². The van der Waals surface area contributed by atoms with Crippen LogP contribution in [0.2, 0.25) is 0 Å². The second-order valence-electron chi connectivity index (χ2n) is 5.93. The molecular formula is C15H19N5O3. The molecule has 1 aliphatic carbocycles. The molecule has 1 aliphatic rings. The summed E-state index contributed by atoms with van der Waals surface area (Å²) in [6.45, 7) is 2.59. The number of nitrogens with one attached hydrogen (secondary N) is 3. The van der Waals surface area contributed by atoms with Crippen LogP contribution in [0.25, 0.3) is 0 Å². The Morgan fingerprint density at radius 2 is 2.26 bits per heavy atom. The number of carbonyl (C=O) groups is 1. The third-order valence-corrected chi connectivity index (χ3v) is 4.12. The van der Waals surface area contributed by atoms with E-state index in [1.54, 1.807) is 0 Å². The van der Waals surface area contributed by atoms with Gasteiger partial charge in [0.05, 0.1) is 6.54 Å². The zero-order chi connectivity index (χ0) is 16.4. The summed E-state index contributed by atoms with van der Waals surface area (Å²) >= 11 is 0. The lowest BCUT2D eigenvalue weighted by Gasteiger charge is -2.18. The quantitative estimate of drug-likeness (QED) is 0.725. The first kappa shape index (κ1) is 15.3. The Balaban J connectivity index is 1.64. The van der Waals surface area contributed by atoms with Crippen molar-refractivity contribution in [3.8, 4) is 0 Å². The van der Waals surface area contributed by atoms with Crippen LogP contribution in [0.1, 0.15) is 35.1 Å². The molecule has 1 amide bonds. The second kappa shape index (κ2) is 6.23. The Labute approximate surface area is 131 Å². The largest absolute Gasteiger partial charge is 0.349 e. The van der Waals surface area contributed by atoms with Gasteiger partial charge in [0.15, 0.2) is 5.69 Å². The molecule has 0 spiro atoms. The number of hydrogen-bond acceptors (Lipinski definition) is 4. The Kier molecular flexibility index (Phi) is 4.14. The Bertz CT molecular complexity index is 832. The van der Waals surface area contributed by atoms with Gasteiger partial charge in [0, 0.05) is 29.9 Å². The third kappa shape index (κ3) is 3.25. The number of rotatable bonds is 4. The van der Waals surface area contributed by atoms with E-state index < -0.39 is 0 Å². The SMILES string of the molecule is C[C@@H]1CCc2[nH]nc(C(=O)NCCn3[nH]c(=O)ccc3=O)c2C1. The maximum absolute atomic E-state index is 12.3. The molecule has 0 bridgehead atoms. The minimum atomic E-state index is -0.355. The van der Waals surface area contributed by atoms with E-state index in [2.05, 4.69) is 27.5 Å². The highest BCUT2D eigenvalue weighted by Crippen LogP contribution is 2.25. The van der Waals surface area contributed by atoms with Crippen LogP contribution in [0.3, 0.4) is 0 Å². The monoisotopic (exact) mass is 317 g/mol. The molecule has 122 valence electrons. The molecule has 23 heavy (non-hydrogen) atoms. The molecular weight excluding hydrogens is 298 g/mol. The van der Waals surface area contributed by atoms with Gasteiger partial charge in [-0.15, -0.1) is 0 Å². The molecule has 3 N–H and O–H groups in total. The third-order valence-electron chi connectivity index (χ3n) is 4.12. The van der Waals surface area contributed by atoms with E-state index in [-0.39, 0.29) is 30.1 Å². The molecule has 2 aromatic rings. The summed E-state index contributed by atoms with van der Waals surface area (Å²) in [4.78, 5) is 35.0. The van der Waals surface area contributed by atoms with Gasteiger partial charge in [0.1, 0.15) is 0 Å². The van der Waals surface area contributed by atoms with Crippen molar-refractivity contribution in [2.45, 2.75) is 32.7 Å². The van der Waals surface area contributed by atoms with E-state index in [0.717, 1.165) is 30.5 Å². The van der Waals surface area contributed by atoms with Crippen LogP contribution in [-0.4, -0.2) is 32.4 Å². The van der Waals surface area contributed by atoms with E-state index in [4.69, 9.17) is 0 Å². The molecule has 0 unspecified atom stereocenters. The van der Waals surface area contributed by atoms with Crippen LogP contribution in [0.5, 0.6) is 0 Å². The van der Waals surface area contributed by atoms with E-state index in [0.29, 0.717) is 11.6 Å². The van der Waals surface area contributed by atoms with Crippen molar-refractivity contribution in [3.05, 3.63) is 49.8 Å². The highest BCUT2D eigenvalue weighted by Gasteiger charge is 2.24. The Morgan fingerprint density at radius 1 is 1.43 bits per heavy atom. The first-order valence-corrected chi connectivity index (χ1v) is 7.69. The van der Waals surface area contributed by atoms with Gasteiger partial charge in [0.25, 0.3) is 17.0 Å². The average Bonchev–Trinajstić information content (AvgIpc) is 2.93. The molecule has 0 radical (unpaired) electrons. The number of amides is 1. The molecule has 0 aliphatic heterocycles. The van der Waals surface area contributed by atoms with Crippen molar-refractivity contribution < 1.29 is 4.79 Å². The summed E-state index contributed by atoms with van der Waals surface area (Å²) in [7, 11) is 0. The van der Waals surface area contributed by atoms with Gasteiger partial charge >= 0.3 is 0 Å². The topological polar surface area (TPSA) is 113 Å². The van der Waals surface area contributed by atoms with Gasteiger partial charge in [-0.2, -0.15) is 5.10 Å². The van der Waals surface area contributed by atoms with Crippen molar-refractivity contribution in [3.63, 3.8) is 0 Å². The molecule has 3 rings (SSSR count). The minimum Gasteiger partial charge on any atom is -0.349 e. The van der Waals surface area contributed by atoms with Gasteiger partial charge in [-0.3, -0.25) is 24.6 Å². The van der Waals surface area contributed by atoms with E-state index >= 15 is 0 Å². The summed E-state index contributed by atoms with van der Waals surface area (Å²) in [6, 6.07) is 2.38. The lowest BCUT2D eigenvalue weighted by atomic mass is 9.88. The average molecular weight is 317 g/mol. The fraction of sp³-hybridized carbons (Fsp3) is 0.467. The van der Waals surface area contributed by atoms with Crippen LogP contribution in [0, 0.1) is 5.92 Å². The maximum Gasteiger partial charge on any atom is 0.272 e. The number of aromatic nitrogens is 4. The fourth-order valence-corrected chi connectivity index (χ4v) is 2.85. The number of nitrogens with zero attached hydrogens (tertiary/aromatic N) is 2. The summed E-state index contributed by atoms with van der Waals surface area (Å²) < 4.78 is 1.17.